The number of hydrogen-bond donors (Lipinski definition) is 2. The molecule has 0 radical (unpaired) electrons. The van der Waals surface area contributed by atoms with Crippen LogP contribution in [-0.4, -0.2) is 15.5 Å². The molecular formula is C15H17BrN2O2S. The van der Waals surface area contributed by atoms with E-state index >= 15 is 0 Å². The van der Waals surface area contributed by atoms with Crippen molar-refractivity contribution in [2.24, 2.45) is 0 Å². The van der Waals surface area contributed by atoms with Crippen molar-refractivity contribution in [2.75, 3.05) is 11.8 Å². The molecule has 0 saturated carbocycles. The second kappa shape index (κ2) is 6.60. The van der Waals surface area contributed by atoms with Gasteiger partial charge in [0.05, 0.1) is 10.6 Å². The predicted molar refractivity (Wildman–Crippen MR) is 88.9 cm³/mol. The van der Waals surface area contributed by atoms with E-state index in [1.807, 2.05) is 26.1 Å². The van der Waals surface area contributed by atoms with Gasteiger partial charge in [0.1, 0.15) is 0 Å². The van der Waals surface area contributed by atoms with Gasteiger partial charge in [-0.3, -0.25) is 4.72 Å². The van der Waals surface area contributed by atoms with Gasteiger partial charge in [0.25, 0.3) is 10.0 Å². The molecule has 0 amide bonds. The third-order valence-electron chi connectivity index (χ3n) is 2.88. The van der Waals surface area contributed by atoms with Crippen molar-refractivity contribution in [3.8, 4) is 0 Å². The maximum Gasteiger partial charge on any atom is 0.261 e. The molecule has 0 fully saturated rings. The molecule has 2 aromatic rings. The fourth-order valence-electron chi connectivity index (χ4n) is 2.04. The van der Waals surface area contributed by atoms with Crippen LogP contribution in [0.15, 0.2) is 51.8 Å². The Hall–Kier alpha value is -1.37. The summed E-state index contributed by atoms with van der Waals surface area (Å²) in [5.74, 6) is 0. The number of rotatable bonds is 5. The maximum atomic E-state index is 12.4. The van der Waals surface area contributed by atoms with E-state index in [4.69, 9.17) is 0 Å². The molecule has 0 aromatic heterocycles. The minimum absolute atomic E-state index is 0.257. The number of aryl methyl sites for hydroxylation is 1. The Balaban J connectivity index is 2.31. The van der Waals surface area contributed by atoms with Crippen molar-refractivity contribution >= 4 is 31.6 Å². The Morgan fingerprint density at radius 2 is 1.90 bits per heavy atom. The largest absolute Gasteiger partial charge is 0.316 e. The summed E-state index contributed by atoms with van der Waals surface area (Å²) in [4.78, 5) is 0.257. The van der Waals surface area contributed by atoms with Crippen LogP contribution in [-0.2, 0) is 16.6 Å². The van der Waals surface area contributed by atoms with Gasteiger partial charge in [-0.2, -0.15) is 0 Å². The summed E-state index contributed by atoms with van der Waals surface area (Å²) in [6.07, 6.45) is 0. The monoisotopic (exact) mass is 368 g/mol. The Labute approximate surface area is 133 Å². The average Bonchev–Trinajstić information content (AvgIpc) is 2.37. The molecule has 6 heteroatoms. The van der Waals surface area contributed by atoms with Gasteiger partial charge in [0.15, 0.2) is 0 Å². The average molecular weight is 369 g/mol. The van der Waals surface area contributed by atoms with Crippen LogP contribution in [0.5, 0.6) is 0 Å². The number of sulfonamides is 1. The first-order chi connectivity index (χ1) is 9.90. The molecule has 2 rings (SSSR count). The normalized spacial score (nSPS) is 11.4. The Morgan fingerprint density at radius 1 is 1.14 bits per heavy atom. The molecule has 0 atom stereocenters. The van der Waals surface area contributed by atoms with Crippen LogP contribution >= 0.6 is 15.9 Å². The van der Waals surface area contributed by atoms with Gasteiger partial charge < -0.3 is 5.32 Å². The van der Waals surface area contributed by atoms with Crippen LogP contribution in [0.2, 0.25) is 0 Å². The Kier molecular flexibility index (Phi) is 5.03. The number of benzene rings is 2. The molecule has 0 heterocycles. The highest BCUT2D eigenvalue weighted by Gasteiger charge is 2.15. The van der Waals surface area contributed by atoms with Crippen molar-refractivity contribution in [1.82, 2.24) is 5.32 Å². The molecule has 4 nitrogen and oxygen atoms in total. The zero-order valence-electron chi connectivity index (χ0n) is 11.9. The molecule has 0 aliphatic carbocycles. The maximum absolute atomic E-state index is 12.4. The molecule has 0 saturated heterocycles. The van der Waals surface area contributed by atoms with Gasteiger partial charge in [-0.25, -0.2) is 8.42 Å². The SMILES string of the molecule is CNCc1cccc(S(=O)(=O)Nc2cc(C)cc(Br)c2)c1. The highest BCUT2D eigenvalue weighted by atomic mass is 79.9. The van der Waals surface area contributed by atoms with Crippen molar-refractivity contribution < 1.29 is 8.42 Å². The van der Waals surface area contributed by atoms with Crippen LogP contribution in [0.1, 0.15) is 11.1 Å². The van der Waals surface area contributed by atoms with Crippen molar-refractivity contribution in [3.05, 3.63) is 58.1 Å². The fourth-order valence-corrected chi connectivity index (χ4v) is 3.75. The highest BCUT2D eigenvalue weighted by Crippen LogP contribution is 2.22. The van der Waals surface area contributed by atoms with Crippen LogP contribution in [0.4, 0.5) is 5.69 Å². The molecule has 21 heavy (non-hydrogen) atoms. The van der Waals surface area contributed by atoms with E-state index in [0.29, 0.717) is 12.2 Å². The molecule has 0 bridgehead atoms. The van der Waals surface area contributed by atoms with E-state index in [1.165, 1.54) is 0 Å². The molecular weight excluding hydrogens is 352 g/mol. The van der Waals surface area contributed by atoms with Crippen LogP contribution in [0, 0.1) is 6.92 Å². The number of anilines is 1. The summed E-state index contributed by atoms with van der Waals surface area (Å²) in [6, 6.07) is 12.3. The number of nitrogens with one attached hydrogen (secondary N) is 2. The van der Waals surface area contributed by atoms with Gasteiger partial charge in [0, 0.05) is 11.0 Å². The zero-order chi connectivity index (χ0) is 15.5. The minimum Gasteiger partial charge on any atom is -0.316 e. The topological polar surface area (TPSA) is 58.2 Å². The van der Waals surface area contributed by atoms with Gasteiger partial charge in [-0.15, -0.1) is 0 Å². The quantitative estimate of drug-likeness (QED) is 0.851. The molecule has 0 spiro atoms. The highest BCUT2D eigenvalue weighted by molar-refractivity contribution is 9.10. The number of halogens is 1. The molecule has 2 aromatic carbocycles. The van der Waals surface area contributed by atoms with Crippen LogP contribution in [0.25, 0.3) is 0 Å². The van der Waals surface area contributed by atoms with Gasteiger partial charge in [0.2, 0.25) is 0 Å². The second-order valence-corrected chi connectivity index (χ2v) is 7.40. The third-order valence-corrected chi connectivity index (χ3v) is 4.72. The summed E-state index contributed by atoms with van der Waals surface area (Å²) < 4.78 is 28.3. The molecule has 2 N–H and O–H groups in total. The van der Waals surface area contributed by atoms with Gasteiger partial charge in [-0.05, 0) is 55.4 Å². The lowest BCUT2D eigenvalue weighted by atomic mass is 10.2. The first-order valence-corrected chi connectivity index (χ1v) is 8.72. The van der Waals surface area contributed by atoms with E-state index < -0.39 is 10.0 Å². The fraction of sp³-hybridized carbons (Fsp3) is 0.200. The van der Waals surface area contributed by atoms with Crippen LogP contribution < -0.4 is 10.0 Å². The molecule has 0 unspecified atom stereocenters. The lowest BCUT2D eigenvalue weighted by Crippen LogP contribution is -2.14. The van der Waals surface area contributed by atoms with E-state index in [2.05, 4.69) is 26.0 Å². The number of hydrogen-bond acceptors (Lipinski definition) is 3. The second-order valence-electron chi connectivity index (χ2n) is 4.80. The lowest BCUT2D eigenvalue weighted by Gasteiger charge is -2.10. The van der Waals surface area contributed by atoms with E-state index in [-0.39, 0.29) is 4.90 Å². The van der Waals surface area contributed by atoms with Gasteiger partial charge >= 0.3 is 0 Å². The summed E-state index contributed by atoms with van der Waals surface area (Å²) >= 11 is 3.37. The third kappa shape index (κ3) is 4.30. The summed E-state index contributed by atoms with van der Waals surface area (Å²) in [7, 11) is -1.76. The molecule has 0 aliphatic rings. The summed E-state index contributed by atoms with van der Waals surface area (Å²) in [6.45, 7) is 2.54. The van der Waals surface area contributed by atoms with Crippen molar-refractivity contribution in [2.45, 2.75) is 18.4 Å². The first-order valence-electron chi connectivity index (χ1n) is 6.44. The van der Waals surface area contributed by atoms with E-state index in [9.17, 15) is 8.42 Å². The zero-order valence-corrected chi connectivity index (χ0v) is 14.3. The van der Waals surface area contributed by atoms with Gasteiger partial charge in [-0.1, -0.05) is 28.1 Å². The Morgan fingerprint density at radius 3 is 2.57 bits per heavy atom. The predicted octanol–water partition coefficient (Wildman–Crippen LogP) is 3.28. The minimum atomic E-state index is -3.59. The van der Waals surface area contributed by atoms with E-state index in [0.717, 1.165) is 15.6 Å². The van der Waals surface area contributed by atoms with E-state index in [1.54, 1.807) is 30.3 Å². The van der Waals surface area contributed by atoms with Crippen LogP contribution in [0.3, 0.4) is 0 Å². The summed E-state index contributed by atoms with van der Waals surface area (Å²) in [5, 5.41) is 3.01. The first kappa shape index (κ1) is 16.0. The smallest absolute Gasteiger partial charge is 0.261 e. The Bertz CT molecular complexity index is 725. The lowest BCUT2D eigenvalue weighted by molar-refractivity contribution is 0.601. The molecule has 112 valence electrons. The summed E-state index contributed by atoms with van der Waals surface area (Å²) in [5.41, 5.74) is 2.44. The molecule has 0 aliphatic heterocycles. The standard InChI is InChI=1S/C15H17BrN2O2S/c1-11-6-13(16)9-14(7-11)18-21(19,20)15-5-3-4-12(8-15)10-17-2/h3-9,17-18H,10H2,1-2H3. The van der Waals surface area contributed by atoms with Crippen molar-refractivity contribution in [1.29, 1.82) is 0 Å². The van der Waals surface area contributed by atoms with Crippen molar-refractivity contribution in [3.63, 3.8) is 0 Å².